The molecule has 8 heteroatoms. The van der Waals surface area contributed by atoms with Gasteiger partial charge in [-0.3, -0.25) is 9.30 Å². The molecular formula is C21H31FN6O. The number of nitrogens with zero attached hydrogens (tertiary/aromatic N) is 6. The van der Waals surface area contributed by atoms with E-state index < -0.39 is 6.17 Å². The highest BCUT2D eigenvalue weighted by Gasteiger charge is 2.27. The molecule has 1 fully saturated rings. The maximum Gasteiger partial charge on any atom is 0.350 e. The number of alkyl halides is 1. The van der Waals surface area contributed by atoms with Crippen LogP contribution in [0.3, 0.4) is 0 Å². The van der Waals surface area contributed by atoms with Crippen LogP contribution in [0.4, 0.5) is 10.1 Å². The van der Waals surface area contributed by atoms with Crippen molar-refractivity contribution in [2.24, 2.45) is 12.0 Å². The van der Waals surface area contributed by atoms with Gasteiger partial charge >= 0.3 is 5.69 Å². The number of aromatic nitrogens is 3. The van der Waals surface area contributed by atoms with Gasteiger partial charge in [0.1, 0.15) is 12.0 Å². The van der Waals surface area contributed by atoms with E-state index in [0.29, 0.717) is 31.0 Å². The van der Waals surface area contributed by atoms with Gasteiger partial charge in [0.2, 0.25) is 0 Å². The first-order valence-corrected chi connectivity index (χ1v) is 10.4. The first-order chi connectivity index (χ1) is 13.9. The number of hydrogen-bond acceptors (Lipinski definition) is 5. The van der Waals surface area contributed by atoms with Crippen molar-refractivity contribution in [1.29, 1.82) is 0 Å². The van der Waals surface area contributed by atoms with Gasteiger partial charge < -0.3 is 4.90 Å². The third kappa shape index (κ3) is 4.75. The number of aryl methyl sites for hydroxylation is 1. The van der Waals surface area contributed by atoms with E-state index in [2.05, 4.69) is 28.5 Å². The monoisotopic (exact) mass is 402 g/mol. The van der Waals surface area contributed by atoms with Gasteiger partial charge in [0.05, 0.1) is 0 Å². The fourth-order valence-corrected chi connectivity index (χ4v) is 3.86. The van der Waals surface area contributed by atoms with Gasteiger partial charge in [0, 0.05) is 50.3 Å². The van der Waals surface area contributed by atoms with E-state index in [1.165, 1.54) is 9.08 Å². The Kier molecular flexibility index (Phi) is 6.84. The van der Waals surface area contributed by atoms with Gasteiger partial charge in [0.25, 0.3) is 0 Å². The number of halogens is 1. The Labute approximate surface area is 171 Å². The van der Waals surface area contributed by atoms with Gasteiger partial charge in [-0.15, -0.1) is 0 Å². The molecule has 2 aromatic rings. The van der Waals surface area contributed by atoms with Crippen molar-refractivity contribution >= 4 is 17.5 Å². The standard InChI is InChI=1S/C21H31FN6O/c1-5-10-23-16(3)28(15-18(6-2)26-11-7-8-17(22)14-26)19-9-12-27-20(13-19)24-25(4)21(27)29/h9-10,12-13,17-18H,3,5-8,11,14-15H2,1-2,4H3/b23-10-. The van der Waals surface area contributed by atoms with Crippen LogP contribution in [0, 0.1) is 0 Å². The van der Waals surface area contributed by atoms with Crippen LogP contribution in [0.25, 0.3) is 5.65 Å². The summed E-state index contributed by atoms with van der Waals surface area (Å²) in [5.41, 5.74) is 1.25. The second-order valence-corrected chi connectivity index (χ2v) is 7.56. The summed E-state index contributed by atoms with van der Waals surface area (Å²) in [5, 5.41) is 4.29. The normalized spacial score (nSPS) is 19.1. The summed E-state index contributed by atoms with van der Waals surface area (Å²) in [7, 11) is 1.63. The van der Waals surface area contributed by atoms with Crippen LogP contribution in [0.2, 0.25) is 0 Å². The zero-order chi connectivity index (χ0) is 21.0. The predicted molar refractivity (Wildman–Crippen MR) is 115 cm³/mol. The minimum absolute atomic E-state index is 0.185. The molecule has 0 amide bonds. The van der Waals surface area contributed by atoms with Crippen LogP contribution in [-0.2, 0) is 7.05 Å². The van der Waals surface area contributed by atoms with Crippen molar-refractivity contribution in [3.8, 4) is 0 Å². The Hall–Kier alpha value is -2.48. The summed E-state index contributed by atoms with van der Waals surface area (Å²) in [6.07, 6.45) is 6.05. The van der Waals surface area contributed by atoms with Crippen molar-refractivity contribution < 1.29 is 4.39 Å². The maximum atomic E-state index is 14.0. The molecule has 0 aliphatic carbocycles. The highest BCUT2D eigenvalue weighted by atomic mass is 19.1. The van der Waals surface area contributed by atoms with E-state index in [-0.39, 0.29) is 11.7 Å². The molecule has 29 heavy (non-hydrogen) atoms. The van der Waals surface area contributed by atoms with Gasteiger partial charge in [-0.1, -0.05) is 20.4 Å². The lowest BCUT2D eigenvalue weighted by atomic mass is 10.0. The molecule has 2 unspecified atom stereocenters. The van der Waals surface area contributed by atoms with Crippen molar-refractivity contribution in [3.63, 3.8) is 0 Å². The summed E-state index contributed by atoms with van der Waals surface area (Å²) in [4.78, 5) is 20.9. The number of aliphatic imine (C=N–C) groups is 1. The molecule has 0 bridgehead atoms. The van der Waals surface area contributed by atoms with Gasteiger partial charge in [-0.2, -0.15) is 5.10 Å². The van der Waals surface area contributed by atoms with Crippen molar-refractivity contribution in [2.75, 3.05) is 24.5 Å². The molecule has 3 rings (SSSR count). The van der Waals surface area contributed by atoms with E-state index in [4.69, 9.17) is 0 Å². The van der Waals surface area contributed by atoms with Gasteiger partial charge in [0.15, 0.2) is 5.65 Å². The molecule has 2 aromatic heterocycles. The predicted octanol–water partition coefficient (Wildman–Crippen LogP) is 3.00. The Morgan fingerprint density at radius 2 is 2.31 bits per heavy atom. The average molecular weight is 403 g/mol. The lowest BCUT2D eigenvalue weighted by Crippen LogP contribution is -2.48. The Bertz CT molecular complexity index is 933. The van der Waals surface area contributed by atoms with Crippen LogP contribution < -0.4 is 10.6 Å². The molecule has 2 atom stereocenters. The number of piperidine rings is 1. The molecule has 1 aliphatic rings. The number of fused-ring (bicyclic) bond motifs is 1. The van der Waals surface area contributed by atoms with Crippen LogP contribution in [-0.4, -0.2) is 57.1 Å². The topological polar surface area (TPSA) is 58.1 Å². The van der Waals surface area contributed by atoms with Crippen molar-refractivity contribution in [1.82, 2.24) is 19.1 Å². The molecule has 0 saturated carbocycles. The maximum absolute atomic E-state index is 14.0. The molecule has 158 valence electrons. The van der Waals surface area contributed by atoms with Crippen LogP contribution in [0.15, 0.2) is 40.5 Å². The molecule has 1 aliphatic heterocycles. The van der Waals surface area contributed by atoms with Crippen LogP contribution >= 0.6 is 0 Å². The van der Waals surface area contributed by atoms with E-state index in [0.717, 1.165) is 31.5 Å². The van der Waals surface area contributed by atoms with Crippen molar-refractivity contribution in [2.45, 2.75) is 51.7 Å². The van der Waals surface area contributed by atoms with Crippen molar-refractivity contribution in [3.05, 3.63) is 41.2 Å². The Morgan fingerprint density at radius 3 is 3.00 bits per heavy atom. The largest absolute Gasteiger partial charge is 0.350 e. The van der Waals surface area contributed by atoms with Crippen LogP contribution in [0.1, 0.15) is 39.5 Å². The Morgan fingerprint density at radius 1 is 1.52 bits per heavy atom. The zero-order valence-electron chi connectivity index (χ0n) is 17.6. The molecule has 0 spiro atoms. The van der Waals surface area contributed by atoms with E-state index in [9.17, 15) is 9.18 Å². The SMILES string of the molecule is C=C(/N=C\CC)N(CC(CC)N1CCCC(F)C1)c1ccn2c(=O)n(C)nc2c1. The summed E-state index contributed by atoms with van der Waals surface area (Å²) < 4.78 is 16.8. The van der Waals surface area contributed by atoms with E-state index in [1.54, 1.807) is 13.2 Å². The number of rotatable bonds is 8. The minimum Gasteiger partial charge on any atom is -0.325 e. The molecule has 7 nitrogen and oxygen atoms in total. The fourth-order valence-electron chi connectivity index (χ4n) is 3.86. The molecular weight excluding hydrogens is 371 g/mol. The quantitative estimate of drug-likeness (QED) is 0.637. The highest BCUT2D eigenvalue weighted by molar-refractivity contribution is 5.63. The lowest BCUT2D eigenvalue weighted by Gasteiger charge is -2.38. The molecule has 0 N–H and O–H groups in total. The summed E-state index contributed by atoms with van der Waals surface area (Å²) in [6, 6.07) is 3.93. The minimum atomic E-state index is -0.760. The molecule has 3 heterocycles. The second-order valence-electron chi connectivity index (χ2n) is 7.56. The molecule has 1 saturated heterocycles. The summed E-state index contributed by atoms with van der Waals surface area (Å²) >= 11 is 0. The van der Waals surface area contributed by atoms with Gasteiger partial charge in [-0.25, -0.2) is 18.9 Å². The highest BCUT2D eigenvalue weighted by Crippen LogP contribution is 2.24. The summed E-state index contributed by atoms with van der Waals surface area (Å²) in [5.74, 6) is 0.627. The lowest BCUT2D eigenvalue weighted by molar-refractivity contribution is 0.0989. The number of hydrogen-bond donors (Lipinski definition) is 0. The molecule has 0 aromatic carbocycles. The number of likely N-dealkylation sites (tertiary alicyclic amines) is 1. The fraction of sp³-hybridized carbons (Fsp3) is 0.571. The Balaban J connectivity index is 1.92. The third-order valence-corrected chi connectivity index (χ3v) is 5.48. The number of pyridine rings is 1. The third-order valence-electron chi connectivity index (χ3n) is 5.48. The first-order valence-electron chi connectivity index (χ1n) is 10.4. The first kappa shape index (κ1) is 21.2. The van der Waals surface area contributed by atoms with E-state index in [1.807, 2.05) is 30.2 Å². The van der Waals surface area contributed by atoms with Gasteiger partial charge in [-0.05, 0) is 38.3 Å². The van der Waals surface area contributed by atoms with Crippen LogP contribution in [0.5, 0.6) is 0 Å². The average Bonchev–Trinajstić information content (AvgIpc) is 3.00. The summed E-state index contributed by atoms with van der Waals surface area (Å²) in [6.45, 7) is 10.4. The number of anilines is 1. The molecule has 0 radical (unpaired) electrons. The second kappa shape index (κ2) is 9.35. The smallest absolute Gasteiger partial charge is 0.325 e. The zero-order valence-corrected chi connectivity index (χ0v) is 17.6. The van der Waals surface area contributed by atoms with E-state index >= 15 is 0 Å².